The summed E-state index contributed by atoms with van der Waals surface area (Å²) < 4.78 is 32.5. The molecule has 0 amide bonds. The molecule has 0 spiro atoms. The van der Waals surface area contributed by atoms with Gasteiger partial charge in [0.25, 0.3) is 10.1 Å². The molecule has 0 aliphatic heterocycles. The fourth-order valence-electron chi connectivity index (χ4n) is 4.07. The normalized spacial score (nSPS) is 13.2. The summed E-state index contributed by atoms with van der Waals surface area (Å²) in [5.74, 6) is 1.03. The van der Waals surface area contributed by atoms with E-state index in [1.165, 1.54) is 83.1 Å². The molecule has 5 nitrogen and oxygen atoms in total. The van der Waals surface area contributed by atoms with E-state index >= 15 is 0 Å². The average Bonchev–Trinajstić information content (AvgIpc) is 3.15. The summed E-state index contributed by atoms with van der Waals surface area (Å²) in [4.78, 5) is 7.55. The topological polar surface area (TPSA) is 83.1 Å². The van der Waals surface area contributed by atoms with E-state index in [2.05, 4.69) is 23.8 Å². The molecule has 30 heavy (non-hydrogen) atoms. The molecule has 1 atom stereocenters. The number of benzene rings is 1. The van der Waals surface area contributed by atoms with E-state index in [4.69, 9.17) is 0 Å². The van der Waals surface area contributed by atoms with Gasteiger partial charge < -0.3 is 4.98 Å². The molecule has 0 aliphatic rings. The quantitative estimate of drug-likeness (QED) is 0.212. The highest BCUT2D eigenvalue weighted by Crippen LogP contribution is 2.26. The first-order valence-corrected chi connectivity index (χ1v) is 13.3. The van der Waals surface area contributed by atoms with Gasteiger partial charge in [0.15, 0.2) is 0 Å². The second kappa shape index (κ2) is 13.1. The van der Waals surface area contributed by atoms with Gasteiger partial charge in [0.05, 0.1) is 5.52 Å². The Morgan fingerprint density at radius 3 is 1.97 bits per heavy atom. The van der Waals surface area contributed by atoms with Gasteiger partial charge in [-0.15, -0.1) is 0 Å². The van der Waals surface area contributed by atoms with Crippen LogP contribution < -0.4 is 0 Å². The smallest absolute Gasteiger partial charge is 0.296 e. The molecule has 170 valence electrons. The van der Waals surface area contributed by atoms with E-state index in [1.54, 1.807) is 12.1 Å². The summed E-state index contributed by atoms with van der Waals surface area (Å²) in [5, 5.41) is 0. The minimum absolute atomic E-state index is 0.129. The molecule has 2 N–H and O–H groups in total. The monoisotopic (exact) mass is 436 g/mol. The van der Waals surface area contributed by atoms with Crippen LogP contribution in [0.15, 0.2) is 23.1 Å². The number of unbranched alkanes of at least 4 members (excludes halogenated alkanes) is 12. The van der Waals surface area contributed by atoms with Gasteiger partial charge in [-0.25, -0.2) is 4.98 Å². The molecular weight excluding hydrogens is 396 g/mol. The Hall–Kier alpha value is -1.40. The average molecular weight is 437 g/mol. The Balaban J connectivity index is 1.60. The second-order valence-corrected chi connectivity index (χ2v) is 10.1. The maximum Gasteiger partial charge on any atom is 0.296 e. The molecule has 0 aliphatic carbocycles. The number of hydrogen-bond donors (Lipinski definition) is 2. The lowest BCUT2D eigenvalue weighted by molar-refractivity contribution is 0.484. The van der Waals surface area contributed by atoms with Crippen LogP contribution in [0.1, 0.15) is 115 Å². The van der Waals surface area contributed by atoms with E-state index in [0.29, 0.717) is 11.0 Å². The van der Waals surface area contributed by atoms with Gasteiger partial charge in [0, 0.05) is 5.92 Å². The van der Waals surface area contributed by atoms with E-state index in [1.807, 2.05) is 0 Å². The minimum atomic E-state index is -4.27. The van der Waals surface area contributed by atoms with E-state index in [-0.39, 0.29) is 10.8 Å². The predicted octanol–water partition coefficient (Wildman–Crippen LogP) is 7.39. The zero-order valence-corrected chi connectivity index (χ0v) is 19.6. The zero-order chi connectivity index (χ0) is 21.8. The van der Waals surface area contributed by atoms with Gasteiger partial charge in [0.1, 0.15) is 16.2 Å². The van der Waals surface area contributed by atoms with Crippen molar-refractivity contribution in [2.24, 2.45) is 0 Å². The van der Waals surface area contributed by atoms with E-state index in [9.17, 15) is 13.0 Å². The van der Waals surface area contributed by atoms with Gasteiger partial charge in [-0.3, -0.25) is 4.55 Å². The van der Waals surface area contributed by atoms with Gasteiger partial charge in [-0.05, 0) is 18.6 Å². The van der Waals surface area contributed by atoms with Crippen molar-refractivity contribution in [3.8, 4) is 0 Å². The lowest BCUT2D eigenvalue weighted by Gasteiger charge is -2.08. The highest BCUT2D eigenvalue weighted by molar-refractivity contribution is 7.86. The first-order chi connectivity index (χ1) is 14.4. The highest BCUT2D eigenvalue weighted by Gasteiger charge is 2.18. The number of para-hydroxylation sites is 1. The van der Waals surface area contributed by atoms with Crippen LogP contribution in [0.3, 0.4) is 0 Å². The summed E-state index contributed by atoms with van der Waals surface area (Å²) in [5.41, 5.74) is 0.976. The predicted molar refractivity (Wildman–Crippen MR) is 125 cm³/mol. The number of hydrogen-bond acceptors (Lipinski definition) is 3. The van der Waals surface area contributed by atoms with Gasteiger partial charge >= 0.3 is 0 Å². The Morgan fingerprint density at radius 1 is 0.900 bits per heavy atom. The van der Waals surface area contributed by atoms with Crippen LogP contribution in [0.4, 0.5) is 0 Å². The third-order valence-electron chi connectivity index (χ3n) is 5.98. The van der Waals surface area contributed by atoms with Crippen molar-refractivity contribution in [1.82, 2.24) is 9.97 Å². The van der Waals surface area contributed by atoms with Crippen LogP contribution in [-0.4, -0.2) is 22.9 Å². The van der Waals surface area contributed by atoms with Crippen molar-refractivity contribution in [3.63, 3.8) is 0 Å². The first kappa shape index (κ1) is 24.9. The molecule has 0 fully saturated rings. The number of H-pyrrole nitrogens is 1. The Kier molecular flexibility index (Phi) is 10.9. The number of nitrogens with one attached hydrogen (secondary N) is 1. The van der Waals surface area contributed by atoms with Crippen molar-refractivity contribution in [2.45, 2.75) is 115 Å². The summed E-state index contributed by atoms with van der Waals surface area (Å²) in [6, 6.07) is 4.79. The van der Waals surface area contributed by atoms with Crippen molar-refractivity contribution in [2.75, 3.05) is 0 Å². The van der Waals surface area contributed by atoms with Crippen LogP contribution in [-0.2, 0) is 10.1 Å². The molecular formula is C24H40N2O3S. The van der Waals surface area contributed by atoms with Crippen molar-refractivity contribution < 1.29 is 13.0 Å². The van der Waals surface area contributed by atoms with Gasteiger partial charge in [-0.2, -0.15) is 8.42 Å². The van der Waals surface area contributed by atoms with E-state index in [0.717, 1.165) is 18.7 Å². The number of imidazole rings is 1. The van der Waals surface area contributed by atoms with Crippen LogP contribution in [0.5, 0.6) is 0 Å². The standard InChI is InChI=1S/C24H40N2O3S/c1-3-4-5-6-7-8-9-10-11-12-13-14-15-17-20(2)24-25-21-18-16-19-22(23(21)26-24)30(27,28)29/h16,18-20H,3-15,17H2,1-2H3,(H,25,26)(H,27,28,29). The van der Waals surface area contributed by atoms with Crippen LogP contribution in [0.25, 0.3) is 11.0 Å². The van der Waals surface area contributed by atoms with Crippen LogP contribution in [0, 0.1) is 0 Å². The third kappa shape index (κ3) is 8.38. The number of aromatic amines is 1. The summed E-state index contributed by atoms with van der Waals surface area (Å²) >= 11 is 0. The molecule has 1 aromatic heterocycles. The summed E-state index contributed by atoms with van der Waals surface area (Å²) in [7, 11) is -4.27. The number of nitrogens with zero attached hydrogens (tertiary/aromatic N) is 1. The summed E-state index contributed by atoms with van der Waals surface area (Å²) in [6.45, 7) is 4.38. The van der Waals surface area contributed by atoms with Crippen molar-refractivity contribution in [1.29, 1.82) is 0 Å². The van der Waals surface area contributed by atoms with Crippen LogP contribution in [0.2, 0.25) is 0 Å². The molecule has 0 radical (unpaired) electrons. The Morgan fingerprint density at radius 2 is 1.43 bits per heavy atom. The second-order valence-electron chi connectivity index (χ2n) is 8.68. The largest absolute Gasteiger partial charge is 0.342 e. The molecule has 2 aromatic rings. The number of aromatic nitrogens is 2. The van der Waals surface area contributed by atoms with Crippen LogP contribution >= 0.6 is 0 Å². The molecule has 2 rings (SSSR count). The van der Waals surface area contributed by atoms with Gasteiger partial charge in [-0.1, -0.05) is 103 Å². The van der Waals surface area contributed by atoms with Gasteiger partial charge in [0.2, 0.25) is 0 Å². The molecule has 1 aromatic carbocycles. The molecule has 6 heteroatoms. The lowest BCUT2D eigenvalue weighted by Crippen LogP contribution is -1.99. The number of rotatable bonds is 16. The first-order valence-electron chi connectivity index (χ1n) is 11.9. The third-order valence-corrected chi connectivity index (χ3v) is 6.86. The minimum Gasteiger partial charge on any atom is -0.342 e. The maximum atomic E-state index is 11.5. The fraction of sp³-hybridized carbons (Fsp3) is 0.708. The Labute approximate surface area is 182 Å². The lowest BCUT2D eigenvalue weighted by atomic mass is 10.0. The SMILES string of the molecule is CCCCCCCCCCCCCCCC(C)c1nc2c(S(=O)(=O)O)cccc2[nH]1. The van der Waals surface area contributed by atoms with Crippen molar-refractivity contribution >= 4 is 21.2 Å². The van der Waals surface area contributed by atoms with Crippen molar-refractivity contribution in [3.05, 3.63) is 24.0 Å². The molecule has 1 heterocycles. The molecule has 0 saturated heterocycles. The van der Waals surface area contributed by atoms with E-state index < -0.39 is 10.1 Å². The fourth-order valence-corrected chi connectivity index (χ4v) is 4.72. The summed E-state index contributed by atoms with van der Waals surface area (Å²) in [6.07, 6.45) is 18.5. The Bertz CT molecular complexity index is 845. The maximum absolute atomic E-state index is 11.5. The zero-order valence-electron chi connectivity index (χ0n) is 18.8. The number of fused-ring (bicyclic) bond motifs is 1. The molecule has 1 unspecified atom stereocenters. The molecule has 0 saturated carbocycles. The highest BCUT2D eigenvalue weighted by atomic mass is 32.2. The molecule has 0 bridgehead atoms.